The van der Waals surface area contributed by atoms with Crippen molar-refractivity contribution < 1.29 is 0 Å². The first-order valence-electron chi connectivity index (χ1n) is 7.62. The molecular weight excluding hydrogens is 208 g/mol. The van der Waals surface area contributed by atoms with E-state index in [0.717, 1.165) is 30.0 Å². The van der Waals surface area contributed by atoms with Crippen LogP contribution in [0.2, 0.25) is 0 Å². The van der Waals surface area contributed by atoms with E-state index in [4.69, 9.17) is 0 Å². The van der Waals surface area contributed by atoms with Crippen LogP contribution in [-0.2, 0) is 0 Å². The molecule has 2 fully saturated rings. The predicted octanol–water partition coefficient (Wildman–Crippen LogP) is 2.88. The zero-order valence-corrected chi connectivity index (χ0v) is 12.1. The van der Waals surface area contributed by atoms with Crippen LogP contribution in [0.15, 0.2) is 0 Å². The first-order valence-corrected chi connectivity index (χ1v) is 7.62. The molecule has 0 amide bonds. The van der Waals surface area contributed by atoms with Crippen molar-refractivity contribution in [2.45, 2.75) is 71.5 Å². The highest BCUT2D eigenvalue weighted by molar-refractivity contribution is 4.95. The first kappa shape index (κ1) is 13.4. The highest BCUT2D eigenvalue weighted by atomic mass is 15.2. The van der Waals surface area contributed by atoms with Gasteiger partial charge in [-0.3, -0.25) is 4.90 Å². The van der Waals surface area contributed by atoms with Gasteiger partial charge in [0.1, 0.15) is 0 Å². The van der Waals surface area contributed by atoms with E-state index in [0.29, 0.717) is 0 Å². The summed E-state index contributed by atoms with van der Waals surface area (Å²) in [5.41, 5.74) is 0. The summed E-state index contributed by atoms with van der Waals surface area (Å²) in [5.74, 6) is 1.77. The van der Waals surface area contributed by atoms with E-state index in [1.54, 1.807) is 0 Å². The summed E-state index contributed by atoms with van der Waals surface area (Å²) in [6.07, 6.45) is 5.46. The van der Waals surface area contributed by atoms with E-state index in [2.05, 4.69) is 37.9 Å². The standard InChI is InChI=1S/C15H30N2/c1-5-7-16-15-6-8-17(13(4)12(15)3)14-9-11(2)10-14/h11-16H,5-10H2,1-4H3. The zero-order valence-electron chi connectivity index (χ0n) is 12.1. The van der Waals surface area contributed by atoms with Gasteiger partial charge in [0, 0.05) is 24.7 Å². The molecule has 1 saturated carbocycles. The summed E-state index contributed by atoms with van der Waals surface area (Å²) in [5, 5.41) is 3.73. The van der Waals surface area contributed by atoms with Crippen molar-refractivity contribution >= 4 is 0 Å². The molecule has 1 aliphatic heterocycles. The van der Waals surface area contributed by atoms with E-state index < -0.39 is 0 Å². The maximum atomic E-state index is 3.73. The molecular formula is C15H30N2. The van der Waals surface area contributed by atoms with Crippen LogP contribution < -0.4 is 5.32 Å². The van der Waals surface area contributed by atoms with E-state index in [-0.39, 0.29) is 0 Å². The third kappa shape index (κ3) is 2.85. The second-order valence-electron chi connectivity index (χ2n) is 6.42. The fourth-order valence-electron chi connectivity index (χ4n) is 3.66. The normalized spacial score (nSPS) is 43.4. The number of hydrogen-bond acceptors (Lipinski definition) is 2. The van der Waals surface area contributed by atoms with Gasteiger partial charge in [0.15, 0.2) is 0 Å². The number of nitrogens with one attached hydrogen (secondary N) is 1. The number of likely N-dealkylation sites (tertiary alicyclic amines) is 1. The van der Waals surface area contributed by atoms with Crippen molar-refractivity contribution in [1.82, 2.24) is 10.2 Å². The largest absolute Gasteiger partial charge is 0.314 e. The van der Waals surface area contributed by atoms with Gasteiger partial charge in [-0.15, -0.1) is 0 Å². The maximum Gasteiger partial charge on any atom is 0.0120 e. The SMILES string of the molecule is CCCNC1CCN(C2CC(C)C2)C(C)C1C. The Morgan fingerprint density at radius 3 is 2.47 bits per heavy atom. The molecule has 0 bridgehead atoms. The van der Waals surface area contributed by atoms with Gasteiger partial charge in [0.2, 0.25) is 0 Å². The Balaban J connectivity index is 1.85. The Morgan fingerprint density at radius 1 is 1.18 bits per heavy atom. The molecule has 2 aliphatic rings. The summed E-state index contributed by atoms with van der Waals surface area (Å²) >= 11 is 0. The maximum absolute atomic E-state index is 3.73. The van der Waals surface area contributed by atoms with Gasteiger partial charge in [0.05, 0.1) is 0 Å². The summed E-state index contributed by atoms with van der Waals surface area (Å²) in [6, 6.07) is 2.41. The third-order valence-corrected chi connectivity index (χ3v) is 5.09. The summed E-state index contributed by atoms with van der Waals surface area (Å²) in [7, 11) is 0. The molecule has 2 rings (SSSR count). The van der Waals surface area contributed by atoms with Crippen LogP contribution in [-0.4, -0.2) is 36.1 Å². The van der Waals surface area contributed by atoms with Crippen molar-refractivity contribution in [2.24, 2.45) is 11.8 Å². The second kappa shape index (κ2) is 5.71. The first-order chi connectivity index (χ1) is 8.13. The molecule has 1 N–H and O–H groups in total. The molecule has 0 aromatic rings. The van der Waals surface area contributed by atoms with Gasteiger partial charge >= 0.3 is 0 Å². The van der Waals surface area contributed by atoms with Crippen LogP contribution >= 0.6 is 0 Å². The average Bonchev–Trinajstić information content (AvgIpc) is 2.28. The van der Waals surface area contributed by atoms with Crippen LogP contribution in [0.5, 0.6) is 0 Å². The molecule has 17 heavy (non-hydrogen) atoms. The van der Waals surface area contributed by atoms with E-state index in [9.17, 15) is 0 Å². The molecule has 0 aromatic heterocycles. The van der Waals surface area contributed by atoms with Gasteiger partial charge in [-0.25, -0.2) is 0 Å². The molecule has 0 aromatic carbocycles. The Morgan fingerprint density at radius 2 is 1.88 bits per heavy atom. The second-order valence-corrected chi connectivity index (χ2v) is 6.42. The van der Waals surface area contributed by atoms with Crippen LogP contribution in [0.4, 0.5) is 0 Å². The minimum absolute atomic E-state index is 0.749. The molecule has 2 nitrogen and oxygen atoms in total. The van der Waals surface area contributed by atoms with Crippen LogP contribution in [0.25, 0.3) is 0 Å². The Hall–Kier alpha value is -0.0800. The Kier molecular flexibility index (Phi) is 4.48. The molecule has 0 spiro atoms. The third-order valence-electron chi connectivity index (χ3n) is 5.09. The van der Waals surface area contributed by atoms with Gasteiger partial charge in [-0.2, -0.15) is 0 Å². The van der Waals surface area contributed by atoms with Gasteiger partial charge in [0.25, 0.3) is 0 Å². The number of piperidine rings is 1. The fourth-order valence-corrected chi connectivity index (χ4v) is 3.66. The minimum Gasteiger partial charge on any atom is -0.314 e. The van der Waals surface area contributed by atoms with Crippen molar-refractivity contribution in [3.05, 3.63) is 0 Å². The van der Waals surface area contributed by atoms with Gasteiger partial charge in [-0.1, -0.05) is 20.8 Å². The zero-order chi connectivity index (χ0) is 12.4. The van der Waals surface area contributed by atoms with Gasteiger partial charge in [-0.05, 0) is 51.0 Å². The lowest BCUT2D eigenvalue weighted by Crippen LogP contribution is -2.58. The van der Waals surface area contributed by atoms with Crippen LogP contribution in [0.1, 0.15) is 53.4 Å². The van der Waals surface area contributed by atoms with E-state index >= 15 is 0 Å². The predicted molar refractivity (Wildman–Crippen MR) is 74.2 cm³/mol. The lowest BCUT2D eigenvalue weighted by Gasteiger charge is -2.51. The quantitative estimate of drug-likeness (QED) is 0.810. The van der Waals surface area contributed by atoms with Crippen LogP contribution in [0.3, 0.4) is 0 Å². The lowest BCUT2D eigenvalue weighted by atomic mass is 9.77. The molecule has 3 atom stereocenters. The van der Waals surface area contributed by atoms with Crippen molar-refractivity contribution in [3.8, 4) is 0 Å². The molecule has 0 radical (unpaired) electrons. The molecule has 1 saturated heterocycles. The Bertz CT molecular complexity index is 235. The van der Waals surface area contributed by atoms with Gasteiger partial charge < -0.3 is 5.32 Å². The average molecular weight is 238 g/mol. The topological polar surface area (TPSA) is 15.3 Å². The Labute approximate surface area is 107 Å². The highest BCUT2D eigenvalue weighted by Crippen LogP contribution is 2.36. The molecule has 100 valence electrons. The lowest BCUT2D eigenvalue weighted by molar-refractivity contribution is -0.00298. The number of rotatable bonds is 4. The monoisotopic (exact) mass is 238 g/mol. The molecule has 2 heteroatoms. The highest BCUT2D eigenvalue weighted by Gasteiger charge is 2.39. The van der Waals surface area contributed by atoms with Crippen molar-refractivity contribution in [2.75, 3.05) is 13.1 Å². The van der Waals surface area contributed by atoms with E-state index in [1.165, 1.54) is 38.8 Å². The minimum atomic E-state index is 0.749. The summed E-state index contributed by atoms with van der Waals surface area (Å²) < 4.78 is 0. The number of nitrogens with zero attached hydrogens (tertiary/aromatic N) is 1. The van der Waals surface area contributed by atoms with Crippen LogP contribution in [0, 0.1) is 11.8 Å². The summed E-state index contributed by atoms with van der Waals surface area (Å²) in [6.45, 7) is 12.0. The molecule has 3 unspecified atom stereocenters. The fraction of sp³-hybridized carbons (Fsp3) is 1.00. The molecule has 1 aliphatic carbocycles. The van der Waals surface area contributed by atoms with E-state index in [1.807, 2.05) is 0 Å². The van der Waals surface area contributed by atoms with Crippen molar-refractivity contribution in [3.63, 3.8) is 0 Å². The summed E-state index contributed by atoms with van der Waals surface area (Å²) in [4.78, 5) is 2.79. The molecule has 1 heterocycles. The van der Waals surface area contributed by atoms with Crippen molar-refractivity contribution in [1.29, 1.82) is 0 Å². The smallest absolute Gasteiger partial charge is 0.0120 e. The number of hydrogen-bond donors (Lipinski definition) is 1.